The second-order valence-corrected chi connectivity index (χ2v) is 2.28. The van der Waals surface area contributed by atoms with E-state index in [2.05, 4.69) is 0 Å². The molecule has 0 unspecified atom stereocenters. The Morgan fingerprint density at radius 1 is 1.67 bits per heavy atom. The predicted octanol–water partition coefficient (Wildman–Crippen LogP) is -1.19. The molecule has 0 aromatic rings. The Hall–Kier alpha value is -0.610. The Kier molecular flexibility index (Phi) is 1.68. The van der Waals surface area contributed by atoms with Gasteiger partial charge in [-0.15, -0.1) is 0 Å². The number of hydrogen-bond donors (Lipinski definition) is 2. The first-order valence-electron chi connectivity index (χ1n) is 3.03. The fourth-order valence-electron chi connectivity index (χ4n) is 0.928. The lowest BCUT2D eigenvalue weighted by atomic mass is 10.1. The first kappa shape index (κ1) is 6.51. The van der Waals surface area contributed by atoms with Gasteiger partial charge in [-0.2, -0.15) is 0 Å². The fraction of sp³-hybridized carbons (Fsp3) is 0.800. The number of hydrogen-bond acceptors (Lipinski definition) is 3. The number of carbonyl (C=O) groups excluding carboxylic acids is 1. The lowest BCUT2D eigenvalue weighted by Crippen LogP contribution is -2.51. The number of carbonyl (C=O) groups is 1. The van der Waals surface area contributed by atoms with E-state index in [1.54, 1.807) is 0 Å². The van der Waals surface area contributed by atoms with Gasteiger partial charge in [0, 0.05) is 6.54 Å². The minimum atomic E-state index is -0.358. The molecule has 1 fully saturated rings. The average Bonchev–Trinajstić information content (AvgIpc) is 1.83. The average molecular weight is 129 g/mol. The standard InChI is InChI=1S/C5H11N3O/c6-4-2-1-3-8(7)5(4)9/h4H,1-3,6-7H2/t4-/m0/s1. The van der Waals surface area contributed by atoms with Crippen molar-refractivity contribution < 1.29 is 4.79 Å². The van der Waals surface area contributed by atoms with Crippen LogP contribution in [0.25, 0.3) is 0 Å². The maximum atomic E-state index is 10.8. The molecule has 0 saturated carbocycles. The first-order valence-corrected chi connectivity index (χ1v) is 3.03. The van der Waals surface area contributed by atoms with Gasteiger partial charge in [0.1, 0.15) is 0 Å². The summed E-state index contributed by atoms with van der Waals surface area (Å²) in [5.41, 5.74) is 5.40. The van der Waals surface area contributed by atoms with Gasteiger partial charge in [0.25, 0.3) is 5.91 Å². The second kappa shape index (κ2) is 2.33. The third-order valence-corrected chi connectivity index (χ3v) is 1.51. The molecule has 4 nitrogen and oxygen atoms in total. The van der Waals surface area contributed by atoms with Crippen LogP contribution in [0, 0.1) is 0 Å². The Balaban J connectivity index is 2.52. The van der Waals surface area contributed by atoms with Gasteiger partial charge in [-0.3, -0.25) is 9.80 Å². The highest BCUT2D eigenvalue weighted by Gasteiger charge is 2.22. The lowest BCUT2D eigenvalue weighted by molar-refractivity contribution is -0.135. The Morgan fingerprint density at radius 2 is 2.33 bits per heavy atom. The van der Waals surface area contributed by atoms with Crippen molar-refractivity contribution in [2.24, 2.45) is 11.6 Å². The van der Waals surface area contributed by atoms with Crippen LogP contribution in [-0.2, 0) is 4.79 Å². The molecule has 1 saturated heterocycles. The molecule has 1 aliphatic heterocycles. The van der Waals surface area contributed by atoms with E-state index >= 15 is 0 Å². The monoisotopic (exact) mass is 129 g/mol. The molecule has 0 aromatic heterocycles. The zero-order chi connectivity index (χ0) is 6.85. The number of nitrogens with zero attached hydrogens (tertiary/aromatic N) is 1. The van der Waals surface area contributed by atoms with E-state index in [9.17, 15) is 4.79 Å². The molecule has 0 radical (unpaired) electrons. The zero-order valence-electron chi connectivity index (χ0n) is 5.21. The fourth-order valence-corrected chi connectivity index (χ4v) is 0.928. The summed E-state index contributed by atoms with van der Waals surface area (Å²) in [4.78, 5) is 10.8. The van der Waals surface area contributed by atoms with Crippen LogP contribution in [0.3, 0.4) is 0 Å². The third-order valence-electron chi connectivity index (χ3n) is 1.51. The van der Waals surface area contributed by atoms with E-state index in [0.29, 0.717) is 6.54 Å². The summed E-state index contributed by atoms with van der Waals surface area (Å²) >= 11 is 0. The van der Waals surface area contributed by atoms with E-state index < -0.39 is 0 Å². The Labute approximate surface area is 53.8 Å². The van der Waals surface area contributed by atoms with Crippen molar-refractivity contribution in [1.82, 2.24) is 5.01 Å². The van der Waals surface area contributed by atoms with Gasteiger partial charge in [-0.05, 0) is 12.8 Å². The molecule has 1 heterocycles. The molecule has 4 N–H and O–H groups in total. The second-order valence-electron chi connectivity index (χ2n) is 2.28. The highest BCUT2D eigenvalue weighted by molar-refractivity contribution is 5.81. The van der Waals surface area contributed by atoms with Gasteiger partial charge < -0.3 is 5.73 Å². The number of rotatable bonds is 0. The summed E-state index contributed by atoms with van der Waals surface area (Å²) in [6.07, 6.45) is 1.69. The smallest absolute Gasteiger partial charge is 0.253 e. The lowest BCUT2D eigenvalue weighted by Gasteiger charge is -2.25. The Bertz CT molecular complexity index is 113. The number of hydrazine groups is 1. The molecular formula is C5H11N3O. The molecule has 4 heteroatoms. The van der Waals surface area contributed by atoms with Crippen LogP contribution in [0.1, 0.15) is 12.8 Å². The summed E-state index contributed by atoms with van der Waals surface area (Å²) < 4.78 is 0. The van der Waals surface area contributed by atoms with Crippen molar-refractivity contribution >= 4 is 5.91 Å². The summed E-state index contributed by atoms with van der Waals surface area (Å²) in [6.45, 7) is 0.645. The third kappa shape index (κ3) is 1.20. The van der Waals surface area contributed by atoms with E-state index in [4.69, 9.17) is 11.6 Å². The van der Waals surface area contributed by atoms with Gasteiger partial charge in [0.05, 0.1) is 6.04 Å². The van der Waals surface area contributed by atoms with E-state index in [1.807, 2.05) is 0 Å². The molecule has 0 aliphatic carbocycles. The number of piperidine rings is 1. The van der Waals surface area contributed by atoms with Gasteiger partial charge in [-0.1, -0.05) is 0 Å². The summed E-state index contributed by atoms with van der Waals surface area (Å²) in [7, 11) is 0. The number of amides is 1. The molecular weight excluding hydrogens is 118 g/mol. The van der Waals surface area contributed by atoms with Crippen LogP contribution in [-0.4, -0.2) is 23.5 Å². The SMILES string of the molecule is N[C@H]1CCCN(N)C1=O. The van der Waals surface area contributed by atoms with Crippen molar-refractivity contribution in [3.8, 4) is 0 Å². The molecule has 1 rings (SSSR count). The molecule has 1 aliphatic rings. The maximum absolute atomic E-state index is 10.8. The molecule has 9 heavy (non-hydrogen) atoms. The van der Waals surface area contributed by atoms with Crippen molar-refractivity contribution in [1.29, 1.82) is 0 Å². The predicted molar refractivity (Wildman–Crippen MR) is 33.1 cm³/mol. The number of nitrogens with two attached hydrogens (primary N) is 2. The van der Waals surface area contributed by atoms with Crippen LogP contribution >= 0.6 is 0 Å². The van der Waals surface area contributed by atoms with Crippen LogP contribution < -0.4 is 11.6 Å². The van der Waals surface area contributed by atoms with Gasteiger partial charge in [0.2, 0.25) is 0 Å². The highest BCUT2D eigenvalue weighted by Crippen LogP contribution is 2.04. The van der Waals surface area contributed by atoms with Crippen LogP contribution in [0.4, 0.5) is 0 Å². The van der Waals surface area contributed by atoms with Gasteiger partial charge >= 0.3 is 0 Å². The minimum absolute atomic E-state index is 0.138. The molecule has 0 bridgehead atoms. The topological polar surface area (TPSA) is 72.3 Å². The van der Waals surface area contributed by atoms with Crippen LogP contribution in [0.2, 0.25) is 0 Å². The van der Waals surface area contributed by atoms with Crippen molar-refractivity contribution in [3.63, 3.8) is 0 Å². The van der Waals surface area contributed by atoms with Crippen molar-refractivity contribution in [3.05, 3.63) is 0 Å². The summed E-state index contributed by atoms with van der Waals surface area (Å²) in [5.74, 6) is 5.13. The molecule has 52 valence electrons. The zero-order valence-corrected chi connectivity index (χ0v) is 5.21. The Morgan fingerprint density at radius 3 is 2.78 bits per heavy atom. The molecule has 1 amide bonds. The first-order chi connectivity index (χ1) is 4.22. The molecule has 0 spiro atoms. The normalized spacial score (nSPS) is 28.9. The van der Waals surface area contributed by atoms with Crippen LogP contribution in [0.5, 0.6) is 0 Å². The molecule has 1 atom stereocenters. The molecule has 0 aromatic carbocycles. The highest BCUT2D eigenvalue weighted by atomic mass is 16.2. The summed E-state index contributed by atoms with van der Waals surface area (Å²) in [5, 5.41) is 1.19. The van der Waals surface area contributed by atoms with Gasteiger partial charge in [-0.25, -0.2) is 5.84 Å². The maximum Gasteiger partial charge on any atom is 0.253 e. The largest absolute Gasteiger partial charge is 0.320 e. The summed E-state index contributed by atoms with van der Waals surface area (Å²) in [6, 6.07) is -0.358. The van der Waals surface area contributed by atoms with Gasteiger partial charge in [0.15, 0.2) is 0 Å². The van der Waals surface area contributed by atoms with E-state index in [0.717, 1.165) is 12.8 Å². The van der Waals surface area contributed by atoms with Crippen molar-refractivity contribution in [2.45, 2.75) is 18.9 Å². The van der Waals surface area contributed by atoms with Crippen LogP contribution in [0.15, 0.2) is 0 Å². The quantitative estimate of drug-likeness (QED) is 0.319. The van der Waals surface area contributed by atoms with E-state index in [1.165, 1.54) is 5.01 Å². The van der Waals surface area contributed by atoms with Crippen molar-refractivity contribution in [2.75, 3.05) is 6.54 Å². The minimum Gasteiger partial charge on any atom is -0.320 e. The van der Waals surface area contributed by atoms with E-state index in [-0.39, 0.29) is 11.9 Å².